The van der Waals surface area contributed by atoms with Crippen LogP contribution in [-0.4, -0.2) is 16.0 Å². The van der Waals surface area contributed by atoms with E-state index in [0.717, 1.165) is 17.9 Å². The third kappa shape index (κ3) is 3.33. The fourth-order valence-corrected chi connectivity index (χ4v) is 1.92. The second kappa shape index (κ2) is 5.59. The summed E-state index contributed by atoms with van der Waals surface area (Å²) in [7, 11) is 0. The van der Waals surface area contributed by atoms with Crippen LogP contribution in [0.2, 0.25) is 0 Å². The number of hydrogen-bond donors (Lipinski definition) is 1. The number of nitrogens with zero attached hydrogens (tertiary/aromatic N) is 2. The molecule has 1 N–H and O–H groups in total. The number of benzene rings is 1. The smallest absolute Gasteiger partial charge is 0.321 e. The van der Waals surface area contributed by atoms with Gasteiger partial charge in [-0.3, -0.25) is 0 Å². The van der Waals surface area contributed by atoms with Gasteiger partial charge in [-0.05, 0) is 49.9 Å². The zero-order valence-electron chi connectivity index (χ0n) is 11.9. The normalized spacial score (nSPS) is 14.3. The van der Waals surface area contributed by atoms with Crippen LogP contribution in [0, 0.1) is 13.8 Å². The van der Waals surface area contributed by atoms with Crippen molar-refractivity contribution < 1.29 is 4.74 Å². The molecule has 1 aliphatic rings. The minimum atomic E-state index is 0.392. The lowest BCUT2D eigenvalue weighted by atomic mass is 10.1. The molecule has 4 heteroatoms. The van der Waals surface area contributed by atoms with Gasteiger partial charge in [-0.25, -0.2) is 9.97 Å². The first kappa shape index (κ1) is 13.1. The number of rotatable bonds is 5. The van der Waals surface area contributed by atoms with E-state index in [1.807, 2.05) is 30.6 Å². The first-order valence-electron chi connectivity index (χ1n) is 7.00. The summed E-state index contributed by atoms with van der Waals surface area (Å²) in [4.78, 5) is 8.50. The third-order valence-corrected chi connectivity index (χ3v) is 3.54. The van der Waals surface area contributed by atoms with E-state index in [-0.39, 0.29) is 0 Å². The lowest BCUT2D eigenvalue weighted by Gasteiger charge is -2.07. The topological polar surface area (TPSA) is 47.0 Å². The highest BCUT2D eigenvalue weighted by atomic mass is 16.5. The van der Waals surface area contributed by atoms with Gasteiger partial charge in [0.05, 0.1) is 0 Å². The molecule has 0 atom stereocenters. The largest absolute Gasteiger partial charge is 0.424 e. The Balaban J connectivity index is 1.62. The highest BCUT2D eigenvalue weighted by molar-refractivity contribution is 5.35. The van der Waals surface area contributed by atoms with E-state index >= 15 is 0 Å². The number of nitrogens with one attached hydrogen (secondary N) is 1. The molecule has 1 aromatic carbocycles. The van der Waals surface area contributed by atoms with Crippen LogP contribution in [0.3, 0.4) is 0 Å². The molecule has 104 valence electrons. The minimum Gasteiger partial charge on any atom is -0.424 e. The molecule has 0 radical (unpaired) electrons. The summed E-state index contributed by atoms with van der Waals surface area (Å²) in [5, 5.41) is 3.43. The first-order chi connectivity index (χ1) is 9.70. The van der Waals surface area contributed by atoms with E-state index in [1.54, 1.807) is 0 Å². The quantitative estimate of drug-likeness (QED) is 0.906. The predicted molar refractivity (Wildman–Crippen MR) is 77.9 cm³/mol. The maximum Gasteiger partial charge on any atom is 0.321 e. The average molecular weight is 269 g/mol. The summed E-state index contributed by atoms with van der Waals surface area (Å²) >= 11 is 0. The van der Waals surface area contributed by atoms with Gasteiger partial charge in [0.2, 0.25) is 0 Å². The van der Waals surface area contributed by atoms with Gasteiger partial charge in [-0.2, -0.15) is 0 Å². The number of ether oxygens (including phenoxy) is 1. The Morgan fingerprint density at radius 3 is 2.55 bits per heavy atom. The number of aryl methyl sites for hydroxylation is 2. The molecule has 0 unspecified atom stereocenters. The van der Waals surface area contributed by atoms with Gasteiger partial charge >= 0.3 is 6.01 Å². The van der Waals surface area contributed by atoms with Crippen molar-refractivity contribution in [2.75, 3.05) is 0 Å². The van der Waals surface area contributed by atoms with Crippen LogP contribution in [0.1, 0.15) is 29.5 Å². The Bertz CT molecular complexity index is 591. The van der Waals surface area contributed by atoms with Crippen LogP contribution in [0.5, 0.6) is 11.8 Å². The van der Waals surface area contributed by atoms with E-state index in [4.69, 9.17) is 4.74 Å². The fourth-order valence-electron chi connectivity index (χ4n) is 1.92. The van der Waals surface area contributed by atoms with Gasteiger partial charge < -0.3 is 10.1 Å². The molecule has 1 saturated carbocycles. The van der Waals surface area contributed by atoms with E-state index in [9.17, 15) is 0 Å². The number of aromatic nitrogens is 2. The SMILES string of the molecule is Cc1ccc(Oc2ncc(CNC3CC3)cn2)cc1C. The van der Waals surface area contributed by atoms with E-state index in [0.29, 0.717) is 12.1 Å². The molecule has 1 heterocycles. The van der Waals surface area contributed by atoms with Crippen molar-refractivity contribution in [3.8, 4) is 11.8 Å². The molecule has 2 aromatic rings. The Kier molecular flexibility index (Phi) is 3.65. The summed E-state index contributed by atoms with van der Waals surface area (Å²) in [5.41, 5.74) is 3.54. The fraction of sp³-hybridized carbons (Fsp3) is 0.375. The molecule has 1 fully saturated rings. The van der Waals surface area contributed by atoms with Crippen molar-refractivity contribution in [2.24, 2.45) is 0 Å². The Morgan fingerprint density at radius 2 is 1.90 bits per heavy atom. The van der Waals surface area contributed by atoms with Gasteiger partial charge in [-0.1, -0.05) is 6.07 Å². The lowest BCUT2D eigenvalue weighted by Crippen LogP contribution is -2.15. The van der Waals surface area contributed by atoms with Crippen LogP contribution in [0.4, 0.5) is 0 Å². The molecular formula is C16H19N3O. The number of hydrogen-bond acceptors (Lipinski definition) is 4. The first-order valence-corrected chi connectivity index (χ1v) is 7.00. The summed E-state index contributed by atoms with van der Waals surface area (Å²) in [5.74, 6) is 0.775. The van der Waals surface area contributed by atoms with Crippen molar-refractivity contribution in [2.45, 2.75) is 39.3 Å². The van der Waals surface area contributed by atoms with Crippen LogP contribution < -0.4 is 10.1 Å². The van der Waals surface area contributed by atoms with Gasteiger partial charge in [0.1, 0.15) is 5.75 Å². The van der Waals surface area contributed by atoms with Gasteiger partial charge in [-0.15, -0.1) is 0 Å². The maximum atomic E-state index is 5.66. The van der Waals surface area contributed by atoms with Gasteiger partial charge in [0, 0.05) is 30.5 Å². The minimum absolute atomic E-state index is 0.392. The van der Waals surface area contributed by atoms with Crippen molar-refractivity contribution in [1.82, 2.24) is 15.3 Å². The molecule has 4 nitrogen and oxygen atoms in total. The standard InChI is InChI=1S/C16H19N3O/c1-11-3-6-15(7-12(11)2)20-16-18-9-13(10-19-16)8-17-14-4-5-14/h3,6-7,9-10,14,17H,4-5,8H2,1-2H3. The molecule has 20 heavy (non-hydrogen) atoms. The van der Waals surface area contributed by atoms with E-state index in [2.05, 4.69) is 29.1 Å². The lowest BCUT2D eigenvalue weighted by molar-refractivity contribution is 0.440. The molecule has 0 saturated heterocycles. The van der Waals surface area contributed by atoms with E-state index < -0.39 is 0 Å². The van der Waals surface area contributed by atoms with Crippen LogP contribution >= 0.6 is 0 Å². The van der Waals surface area contributed by atoms with Gasteiger partial charge in [0.25, 0.3) is 0 Å². The van der Waals surface area contributed by atoms with Crippen LogP contribution in [0.25, 0.3) is 0 Å². The molecule has 1 aliphatic carbocycles. The molecule has 0 aliphatic heterocycles. The third-order valence-electron chi connectivity index (χ3n) is 3.54. The van der Waals surface area contributed by atoms with Crippen LogP contribution in [0.15, 0.2) is 30.6 Å². The molecule has 3 rings (SSSR count). The monoisotopic (exact) mass is 269 g/mol. The highest BCUT2D eigenvalue weighted by Crippen LogP contribution is 2.21. The van der Waals surface area contributed by atoms with Crippen molar-refractivity contribution in [3.05, 3.63) is 47.3 Å². The van der Waals surface area contributed by atoms with Crippen molar-refractivity contribution in [3.63, 3.8) is 0 Å². The molecule has 1 aromatic heterocycles. The van der Waals surface area contributed by atoms with E-state index in [1.165, 1.54) is 24.0 Å². The molecule has 0 spiro atoms. The highest BCUT2D eigenvalue weighted by Gasteiger charge is 2.19. The zero-order valence-corrected chi connectivity index (χ0v) is 11.9. The Hall–Kier alpha value is -1.94. The summed E-state index contributed by atoms with van der Waals surface area (Å²) in [6, 6.07) is 7.07. The predicted octanol–water partition coefficient (Wildman–Crippen LogP) is 3.14. The molecule has 0 bridgehead atoms. The maximum absolute atomic E-state index is 5.66. The van der Waals surface area contributed by atoms with Gasteiger partial charge in [0.15, 0.2) is 0 Å². The van der Waals surface area contributed by atoms with Crippen molar-refractivity contribution in [1.29, 1.82) is 0 Å². The second-order valence-corrected chi connectivity index (χ2v) is 5.38. The van der Waals surface area contributed by atoms with Crippen LogP contribution in [-0.2, 0) is 6.54 Å². The second-order valence-electron chi connectivity index (χ2n) is 5.38. The summed E-state index contributed by atoms with van der Waals surface area (Å²) < 4.78 is 5.66. The Labute approximate surface area is 119 Å². The average Bonchev–Trinajstić information content (AvgIpc) is 3.26. The zero-order chi connectivity index (χ0) is 13.9. The molecular weight excluding hydrogens is 250 g/mol. The molecule has 0 amide bonds. The summed E-state index contributed by atoms with van der Waals surface area (Å²) in [6.07, 6.45) is 6.21. The van der Waals surface area contributed by atoms with Crippen molar-refractivity contribution >= 4 is 0 Å². The summed E-state index contributed by atoms with van der Waals surface area (Å²) in [6.45, 7) is 4.97. The Morgan fingerprint density at radius 1 is 1.15 bits per heavy atom.